The maximum absolute atomic E-state index is 12.4. The Balaban J connectivity index is 1.37. The van der Waals surface area contributed by atoms with Crippen molar-refractivity contribution in [1.82, 2.24) is 10.0 Å². The summed E-state index contributed by atoms with van der Waals surface area (Å²) in [5.41, 5.74) is 2.50. The van der Waals surface area contributed by atoms with Gasteiger partial charge in [-0.15, -0.1) is 0 Å². The molecule has 2 aromatic carbocycles. The Morgan fingerprint density at radius 3 is 2.79 bits per heavy atom. The lowest BCUT2D eigenvalue weighted by Gasteiger charge is -2.32. The molecule has 2 amide bonds. The molecule has 9 heteroatoms. The average molecular weight is 414 g/mol. The van der Waals surface area contributed by atoms with Crippen LogP contribution in [-0.2, 0) is 19.6 Å². The van der Waals surface area contributed by atoms with Gasteiger partial charge in [0.1, 0.15) is 6.04 Å². The lowest BCUT2D eigenvalue weighted by atomic mass is 10.1. The summed E-state index contributed by atoms with van der Waals surface area (Å²) in [5.74, 6) is -0.527. The quantitative estimate of drug-likeness (QED) is 0.676. The Morgan fingerprint density at radius 1 is 1.21 bits per heavy atom. The SMILES string of the molecule is Cc1cccc(S(=O)(=O)NCC(=O)NC2CC3C(=O)Nc4ccccc4N3C2)c1. The van der Waals surface area contributed by atoms with E-state index in [0.717, 1.165) is 16.9 Å². The highest BCUT2D eigenvalue weighted by Crippen LogP contribution is 2.36. The van der Waals surface area contributed by atoms with E-state index in [-0.39, 0.29) is 29.4 Å². The number of para-hydroxylation sites is 2. The summed E-state index contributed by atoms with van der Waals surface area (Å²) in [7, 11) is -3.77. The molecule has 4 rings (SSSR count). The van der Waals surface area contributed by atoms with Gasteiger partial charge >= 0.3 is 0 Å². The predicted molar refractivity (Wildman–Crippen MR) is 109 cm³/mol. The van der Waals surface area contributed by atoms with Crippen molar-refractivity contribution in [2.75, 3.05) is 23.3 Å². The van der Waals surface area contributed by atoms with Crippen LogP contribution in [0.3, 0.4) is 0 Å². The van der Waals surface area contributed by atoms with Gasteiger partial charge in [0.15, 0.2) is 0 Å². The number of nitrogens with one attached hydrogen (secondary N) is 3. The molecule has 2 aromatic rings. The van der Waals surface area contributed by atoms with E-state index >= 15 is 0 Å². The Morgan fingerprint density at radius 2 is 2.00 bits per heavy atom. The van der Waals surface area contributed by atoms with Gasteiger partial charge in [-0.05, 0) is 43.2 Å². The first-order valence-electron chi connectivity index (χ1n) is 9.36. The van der Waals surface area contributed by atoms with Gasteiger partial charge in [0.2, 0.25) is 21.8 Å². The normalized spacial score (nSPS) is 20.6. The molecule has 152 valence electrons. The zero-order valence-corrected chi connectivity index (χ0v) is 16.7. The van der Waals surface area contributed by atoms with Crippen molar-refractivity contribution < 1.29 is 18.0 Å². The van der Waals surface area contributed by atoms with Crippen molar-refractivity contribution in [2.24, 2.45) is 0 Å². The molecular formula is C20H22N4O4S. The van der Waals surface area contributed by atoms with Crippen LogP contribution in [0.25, 0.3) is 0 Å². The summed E-state index contributed by atoms with van der Waals surface area (Å²) in [4.78, 5) is 26.8. The summed E-state index contributed by atoms with van der Waals surface area (Å²) in [5, 5.41) is 5.72. The van der Waals surface area contributed by atoms with Crippen molar-refractivity contribution in [3.63, 3.8) is 0 Å². The van der Waals surface area contributed by atoms with Crippen LogP contribution in [0.5, 0.6) is 0 Å². The second-order valence-corrected chi connectivity index (χ2v) is 9.08. The van der Waals surface area contributed by atoms with Gasteiger partial charge in [0.05, 0.1) is 22.8 Å². The fourth-order valence-electron chi connectivity index (χ4n) is 3.81. The first-order chi connectivity index (χ1) is 13.8. The van der Waals surface area contributed by atoms with Crippen molar-refractivity contribution in [2.45, 2.75) is 30.3 Å². The number of sulfonamides is 1. The Kier molecular flexibility index (Phi) is 5.01. The van der Waals surface area contributed by atoms with E-state index in [1.54, 1.807) is 25.1 Å². The Labute approximate surface area is 169 Å². The van der Waals surface area contributed by atoms with Crippen LogP contribution >= 0.6 is 0 Å². The summed E-state index contributed by atoms with van der Waals surface area (Å²) in [6, 6.07) is 13.4. The van der Waals surface area contributed by atoms with E-state index in [2.05, 4.69) is 15.4 Å². The van der Waals surface area contributed by atoms with Crippen LogP contribution < -0.4 is 20.3 Å². The highest BCUT2D eigenvalue weighted by atomic mass is 32.2. The molecule has 2 unspecified atom stereocenters. The number of carbonyl (C=O) groups is 2. The number of anilines is 2. The van der Waals surface area contributed by atoms with Gasteiger partial charge in [-0.3, -0.25) is 9.59 Å². The number of rotatable bonds is 5. The Hall–Kier alpha value is -2.91. The number of amides is 2. The second-order valence-electron chi connectivity index (χ2n) is 7.32. The third kappa shape index (κ3) is 3.96. The van der Waals surface area contributed by atoms with Gasteiger partial charge in [-0.25, -0.2) is 13.1 Å². The summed E-state index contributed by atoms with van der Waals surface area (Å²) in [6.07, 6.45) is 0.469. The molecule has 2 atom stereocenters. The maximum Gasteiger partial charge on any atom is 0.247 e. The van der Waals surface area contributed by atoms with Crippen LogP contribution in [0.2, 0.25) is 0 Å². The van der Waals surface area contributed by atoms with Gasteiger partial charge in [-0.1, -0.05) is 24.3 Å². The molecule has 2 aliphatic heterocycles. The zero-order valence-electron chi connectivity index (χ0n) is 15.9. The smallest absolute Gasteiger partial charge is 0.247 e. The van der Waals surface area contributed by atoms with E-state index in [1.807, 2.05) is 29.2 Å². The molecule has 0 aliphatic carbocycles. The molecule has 0 radical (unpaired) electrons. The molecule has 0 aromatic heterocycles. The second kappa shape index (κ2) is 7.49. The minimum Gasteiger partial charge on any atom is -0.356 e. The molecule has 2 aliphatic rings. The van der Waals surface area contributed by atoms with Crippen LogP contribution in [0.1, 0.15) is 12.0 Å². The van der Waals surface area contributed by atoms with E-state index in [4.69, 9.17) is 0 Å². The molecule has 0 spiro atoms. The molecule has 1 fully saturated rings. The van der Waals surface area contributed by atoms with Crippen LogP contribution in [0, 0.1) is 6.92 Å². The molecule has 3 N–H and O–H groups in total. The summed E-state index contributed by atoms with van der Waals surface area (Å²) in [6.45, 7) is 1.93. The number of benzene rings is 2. The minimum atomic E-state index is -3.77. The van der Waals surface area contributed by atoms with Gasteiger partial charge < -0.3 is 15.5 Å². The van der Waals surface area contributed by atoms with Crippen LogP contribution in [-0.4, -0.2) is 45.4 Å². The third-order valence-electron chi connectivity index (χ3n) is 5.16. The van der Waals surface area contributed by atoms with Crippen molar-refractivity contribution >= 4 is 33.2 Å². The number of aryl methyl sites for hydroxylation is 1. The fourth-order valence-corrected chi connectivity index (χ4v) is 4.89. The maximum atomic E-state index is 12.4. The molecular weight excluding hydrogens is 392 g/mol. The first-order valence-corrected chi connectivity index (χ1v) is 10.8. The predicted octanol–water partition coefficient (Wildman–Crippen LogP) is 0.989. The highest BCUT2D eigenvalue weighted by Gasteiger charge is 2.41. The largest absolute Gasteiger partial charge is 0.356 e. The van der Waals surface area contributed by atoms with E-state index in [9.17, 15) is 18.0 Å². The van der Waals surface area contributed by atoms with Gasteiger partial charge in [-0.2, -0.15) is 0 Å². The van der Waals surface area contributed by atoms with Gasteiger partial charge in [0, 0.05) is 12.6 Å². The molecule has 8 nitrogen and oxygen atoms in total. The minimum absolute atomic E-state index is 0.0967. The highest BCUT2D eigenvalue weighted by molar-refractivity contribution is 7.89. The average Bonchev–Trinajstić information content (AvgIpc) is 3.11. The van der Waals surface area contributed by atoms with E-state index in [0.29, 0.717) is 13.0 Å². The van der Waals surface area contributed by atoms with E-state index in [1.165, 1.54) is 6.07 Å². The standard InChI is InChI=1S/C20H22N4O4S/c1-13-5-4-6-15(9-13)29(27,28)21-11-19(25)22-14-10-18-20(26)23-16-7-2-3-8-17(16)24(18)12-14/h2-9,14,18,21H,10-12H2,1H3,(H,22,25)(H,23,26). The lowest BCUT2D eigenvalue weighted by Crippen LogP contribution is -2.44. The molecule has 29 heavy (non-hydrogen) atoms. The third-order valence-corrected chi connectivity index (χ3v) is 6.56. The van der Waals surface area contributed by atoms with Gasteiger partial charge in [0.25, 0.3) is 0 Å². The number of hydrogen-bond acceptors (Lipinski definition) is 5. The Bertz CT molecular complexity index is 1070. The van der Waals surface area contributed by atoms with E-state index < -0.39 is 15.9 Å². The fraction of sp³-hybridized carbons (Fsp3) is 0.300. The monoisotopic (exact) mass is 414 g/mol. The number of hydrogen-bond donors (Lipinski definition) is 3. The number of carbonyl (C=O) groups excluding carboxylic acids is 2. The molecule has 0 bridgehead atoms. The van der Waals surface area contributed by atoms with Crippen molar-refractivity contribution in [1.29, 1.82) is 0 Å². The first kappa shape index (κ1) is 19.4. The number of nitrogens with zero attached hydrogens (tertiary/aromatic N) is 1. The molecule has 0 saturated carbocycles. The van der Waals surface area contributed by atoms with Crippen molar-refractivity contribution in [3.05, 3.63) is 54.1 Å². The molecule has 2 heterocycles. The number of fused-ring (bicyclic) bond motifs is 3. The lowest BCUT2D eigenvalue weighted by molar-refractivity contribution is -0.121. The van der Waals surface area contributed by atoms with Crippen LogP contribution in [0.15, 0.2) is 53.4 Å². The summed E-state index contributed by atoms with van der Waals surface area (Å²) >= 11 is 0. The zero-order chi connectivity index (χ0) is 20.6. The summed E-state index contributed by atoms with van der Waals surface area (Å²) < 4.78 is 27.0. The van der Waals surface area contributed by atoms with Crippen LogP contribution in [0.4, 0.5) is 11.4 Å². The van der Waals surface area contributed by atoms with Crippen molar-refractivity contribution in [3.8, 4) is 0 Å². The molecule has 1 saturated heterocycles. The topological polar surface area (TPSA) is 108 Å².